The van der Waals surface area contributed by atoms with E-state index in [-0.39, 0.29) is 0 Å². The molecule has 60 valence electrons. The third kappa shape index (κ3) is 1.50. The average molecular weight is 169 g/mol. The molecule has 1 saturated heterocycles. The Morgan fingerprint density at radius 1 is 1.27 bits per heavy atom. The van der Waals surface area contributed by atoms with Crippen molar-refractivity contribution in [3.8, 4) is 0 Å². The van der Waals surface area contributed by atoms with Crippen LogP contribution in [-0.2, 0) is 0 Å². The number of piperidine rings is 1. The van der Waals surface area contributed by atoms with Gasteiger partial charge in [-0.3, -0.25) is 0 Å². The summed E-state index contributed by atoms with van der Waals surface area (Å²) in [6.45, 7) is 2.32. The summed E-state index contributed by atoms with van der Waals surface area (Å²) in [5.41, 5.74) is 0. The molecule has 0 unspecified atom stereocenters. The van der Waals surface area contributed by atoms with Crippen molar-refractivity contribution in [2.45, 2.75) is 19.3 Å². The fourth-order valence-corrected chi connectivity index (χ4v) is 1.89. The zero-order chi connectivity index (χ0) is 7.52. The van der Waals surface area contributed by atoms with Crippen molar-refractivity contribution in [1.29, 1.82) is 0 Å². The predicted molar refractivity (Wildman–Crippen MR) is 46.0 cm³/mol. The van der Waals surface area contributed by atoms with Gasteiger partial charge in [0, 0.05) is 13.1 Å². The maximum absolute atomic E-state index is 4.03. The molecule has 2 heterocycles. The fourth-order valence-electron chi connectivity index (χ4n) is 1.42. The molecule has 1 aromatic heterocycles. The molecule has 0 bridgehead atoms. The fraction of sp³-hybridized carbons (Fsp3) is 0.714. The summed E-state index contributed by atoms with van der Waals surface area (Å²) in [4.78, 5) is 2.31. The van der Waals surface area contributed by atoms with E-state index in [2.05, 4.69) is 14.5 Å². The van der Waals surface area contributed by atoms with Crippen molar-refractivity contribution in [3.63, 3.8) is 0 Å². The van der Waals surface area contributed by atoms with Gasteiger partial charge in [0.2, 0.25) is 0 Å². The van der Waals surface area contributed by atoms with Crippen LogP contribution in [0.1, 0.15) is 19.3 Å². The van der Waals surface area contributed by atoms with Gasteiger partial charge in [-0.2, -0.15) is 0 Å². The topological polar surface area (TPSA) is 29.0 Å². The van der Waals surface area contributed by atoms with Crippen LogP contribution in [0, 0.1) is 0 Å². The molecule has 1 aliphatic heterocycles. The monoisotopic (exact) mass is 169 g/mol. The van der Waals surface area contributed by atoms with Crippen molar-refractivity contribution in [1.82, 2.24) is 9.59 Å². The second-order valence-electron chi connectivity index (χ2n) is 2.81. The Bertz CT molecular complexity index is 203. The van der Waals surface area contributed by atoms with E-state index < -0.39 is 0 Å². The Balaban J connectivity index is 2.04. The van der Waals surface area contributed by atoms with Gasteiger partial charge < -0.3 is 4.90 Å². The van der Waals surface area contributed by atoms with Crippen LogP contribution < -0.4 is 4.90 Å². The van der Waals surface area contributed by atoms with Crippen LogP contribution in [0.25, 0.3) is 0 Å². The lowest BCUT2D eigenvalue weighted by Gasteiger charge is -2.25. The maximum atomic E-state index is 4.03. The summed E-state index contributed by atoms with van der Waals surface area (Å²) in [5.74, 6) is 1.06. The molecule has 0 amide bonds. The van der Waals surface area contributed by atoms with Gasteiger partial charge in [0.05, 0.1) is 5.38 Å². The zero-order valence-corrected chi connectivity index (χ0v) is 7.18. The SMILES string of the molecule is c1snnc1N1CCCCC1. The molecule has 2 rings (SSSR count). The van der Waals surface area contributed by atoms with Gasteiger partial charge in [0.25, 0.3) is 0 Å². The van der Waals surface area contributed by atoms with Crippen molar-refractivity contribution < 1.29 is 0 Å². The normalized spacial score (nSPS) is 18.7. The minimum absolute atomic E-state index is 1.06. The first-order valence-electron chi connectivity index (χ1n) is 3.99. The standard InChI is InChI=1S/C7H11N3S/c1-2-4-10(5-3-1)7-6-11-9-8-7/h6H,1-5H2. The van der Waals surface area contributed by atoms with Gasteiger partial charge in [-0.25, -0.2) is 0 Å². The van der Waals surface area contributed by atoms with E-state index in [1.807, 2.05) is 5.38 Å². The number of aromatic nitrogens is 2. The van der Waals surface area contributed by atoms with Gasteiger partial charge in [-0.15, -0.1) is 5.10 Å². The average Bonchev–Trinajstić information content (AvgIpc) is 2.58. The second-order valence-corrected chi connectivity index (χ2v) is 3.42. The van der Waals surface area contributed by atoms with Gasteiger partial charge >= 0.3 is 0 Å². The van der Waals surface area contributed by atoms with E-state index in [1.54, 1.807) is 0 Å². The molecule has 0 saturated carbocycles. The third-order valence-corrected chi connectivity index (χ3v) is 2.52. The van der Waals surface area contributed by atoms with Crippen molar-refractivity contribution >= 4 is 17.4 Å². The number of rotatable bonds is 1. The highest BCUT2D eigenvalue weighted by Gasteiger charge is 2.11. The summed E-state index contributed by atoms with van der Waals surface area (Å²) in [5, 5.41) is 6.05. The van der Waals surface area contributed by atoms with Crippen molar-refractivity contribution in [2.24, 2.45) is 0 Å². The summed E-state index contributed by atoms with van der Waals surface area (Å²) in [7, 11) is 0. The number of hydrogen-bond donors (Lipinski definition) is 0. The lowest BCUT2D eigenvalue weighted by atomic mass is 10.1. The molecule has 3 nitrogen and oxygen atoms in total. The van der Waals surface area contributed by atoms with Crippen LogP contribution in [-0.4, -0.2) is 22.7 Å². The molecular weight excluding hydrogens is 158 g/mol. The lowest BCUT2D eigenvalue weighted by Crippen LogP contribution is -2.29. The lowest BCUT2D eigenvalue weighted by molar-refractivity contribution is 0.573. The quantitative estimate of drug-likeness (QED) is 0.638. The third-order valence-electron chi connectivity index (χ3n) is 2.03. The van der Waals surface area contributed by atoms with Crippen LogP contribution >= 0.6 is 11.5 Å². The van der Waals surface area contributed by atoms with E-state index in [4.69, 9.17) is 0 Å². The van der Waals surface area contributed by atoms with E-state index in [1.165, 1.54) is 30.8 Å². The maximum Gasteiger partial charge on any atom is 0.163 e. The molecule has 0 atom stereocenters. The molecule has 0 radical (unpaired) electrons. The van der Waals surface area contributed by atoms with Gasteiger partial charge in [-0.1, -0.05) is 4.49 Å². The highest BCUT2D eigenvalue weighted by molar-refractivity contribution is 7.03. The molecule has 1 aromatic rings. The highest BCUT2D eigenvalue weighted by atomic mass is 32.1. The molecule has 1 aliphatic rings. The first kappa shape index (κ1) is 7.03. The molecule has 1 fully saturated rings. The Morgan fingerprint density at radius 2 is 2.09 bits per heavy atom. The van der Waals surface area contributed by atoms with E-state index >= 15 is 0 Å². The minimum Gasteiger partial charge on any atom is -0.354 e. The molecule has 11 heavy (non-hydrogen) atoms. The van der Waals surface area contributed by atoms with Gasteiger partial charge in [0.15, 0.2) is 5.82 Å². The van der Waals surface area contributed by atoms with E-state index in [9.17, 15) is 0 Å². The largest absolute Gasteiger partial charge is 0.354 e. The number of nitrogens with zero attached hydrogens (tertiary/aromatic N) is 3. The Hall–Kier alpha value is -0.640. The summed E-state index contributed by atoms with van der Waals surface area (Å²) in [6.07, 6.45) is 3.98. The van der Waals surface area contributed by atoms with Crippen LogP contribution in [0.3, 0.4) is 0 Å². The number of hydrogen-bond acceptors (Lipinski definition) is 4. The number of anilines is 1. The second kappa shape index (κ2) is 3.17. The predicted octanol–water partition coefficient (Wildman–Crippen LogP) is 1.53. The van der Waals surface area contributed by atoms with E-state index in [0.717, 1.165) is 18.9 Å². The Kier molecular flexibility index (Phi) is 2.03. The zero-order valence-electron chi connectivity index (χ0n) is 6.36. The first-order valence-corrected chi connectivity index (χ1v) is 4.82. The van der Waals surface area contributed by atoms with Gasteiger partial charge in [0.1, 0.15) is 0 Å². The van der Waals surface area contributed by atoms with Crippen LogP contribution in [0.15, 0.2) is 5.38 Å². The molecule has 0 aromatic carbocycles. The van der Waals surface area contributed by atoms with Crippen molar-refractivity contribution in [3.05, 3.63) is 5.38 Å². The Labute approximate surface area is 70.2 Å². The summed E-state index contributed by atoms with van der Waals surface area (Å²) >= 11 is 1.43. The highest BCUT2D eigenvalue weighted by Crippen LogP contribution is 2.17. The van der Waals surface area contributed by atoms with E-state index in [0.29, 0.717) is 0 Å². The van der Waals surface area contributed by atoms with Crippen molar-refractivity contribution in [2.75, 3.05) is 18.0 Å². The molecule has 0 aliphatic carbocycles. The van der Waals surface area contributed by atoms with Crippen LogP contribution in [0.5, 0.6) is 0 Å². The van der Waals surface area contributed by atoms with Crippen LogP contribution in [0.2, 0.25) is 0 Å². The minimum atomic E-state index is 1.06. The smallest absolute Gasteiger partial charge is 0.163 e. The molecule has 4 heteroatoms. The van der Waals surface area contributed by atoms with Gasteiger partial charge in [-0.05, 0) is 30.8 Å². The summed E-state index contributed by atoms with van der Waals surface area (Å²) < 4.78 is 3.85. The van der Waals surface area contributed by atoms with Crippen LogP contribution in [0.4, 0.5) is 5.82 Å². The molecule has 0 spiro atoms. The molecule has 0 N–H and O–H groups in total. The first-order chi connectivity index (χ1) is 5.47. The molecular formula is C7H11N3S. The summed E-state index contributed by atoms with van der Waals surface area (Å²) in [6, 6.07) is 0. The Morgan fingerprint density at radius 3 is 2.73 bits per heavy atom.